The second-order valence-electron chi connectivity index (χ2n) is 2.43. The van der Waals surface area contributed by atoms with E-state index in [4.69, 9.17) is 5.11 Å². The zero-order chi connectivity index (χ0) is 8.27. The Morgan fingerprint density at radius 3 is 3.00 bits per heavy atom. The van der Waals surface area contributed by atoms with Crippen molar-refractivity contribution >= 4 is 12.2 Å². The average Bonchev–Trinajstić information content (AvgIpc) is 2.05. The molecule has 0 fully saturated rings. The Morgan fingerprint density at radius 1 is 1.82 bits per heavy atom. The molecule has 0 saturated heterocycles. The molecule has 1 heterocycles. The van der Waals surface area contributed by atoms with E-state index in [-0.39, 0.29) is 6.04 Å². The molecule has 2 atom stereocenters. The van der Waals surface area contributed by atoms with E-state index < -0.39 is 11.9 Å². The Morgan fingerprint density at radius 2 is 2.55 bits per heavy atom. The number of aliphatic carboxylic acids is 1. The van der Waals surface area contributed by atoms with Crippen LogP contribution in [0.3, 0.4) is 0 Å². The number of aliphatic imine (C=N–C) groups is 1. The molecule has 1 aliphatic rings. The summed E-state index contributed by atoms with van der Waals surface area (Å²) in [5.41, 5.74) is 0. The first-order valence-electron chi connectivity index (χ1n) is 3.39. The van der Waals surface area contributed by atoms with Crippen LogP contribution in [0.1, 0.15) is 6.92 Å². The summed E-state index contributed by atoms with van der Waals surface area (Å²) in [6.45, 7) is 1.64. The van der Waals surface area contributed by atoms with Crippen LogP contribution >= 0.6 is 0 Å². The molecule has 0 spiro atoms. The molecule has 0 aromatic carbocycles. The number of carboxylic acid groups (broad SMARTS) is 1. The van der Waals surface area contributed by atoms with Gasteiger partial charge in [0.25, 0.3) is 0 Å². The van der Waals surface area contributed by atoms with Gasteiger partial charge >= 0.3 is 5.97 Å². The summed E-state index contributed by atoms with van der Waals surface area (Å²) in [6, 6.07) is -0.183. The number of carboxylic acids is 1. The van der Waals surface area contributed by atoms with E-state index in [2.05, 4.69) is 10.3 Å². The highest BCUT2D eigenvalue weighted by molar-refractivity contribution is 5.78. The van der Waals surface area contributed by atoms with E-state index in [1.165, 1.54) is 0 Å². The molecule has 2 unspecified atom stereocenters. The van der Waals surface area contributed by atoms with Gasteiger partial charge in [0.1, 0.15) is 0 Å². The van der Waals surface area contributed by atoms with Crippen LogP contribution in [0.4, 0.5) is 0 Å². The number of nitrogens with zero attached hydrogens (tertiary/aromatic N) is 1. The summed E-state index contributed by atoms with van der Waals surface area (Å²) in [5.74, 6) is -1.26. The van der Waals surface area contributed by atoms with Crippen molar-refractivity contribution in [3.8, 4) is 0 Å². The van der Waals surface area contributed by atoms with Gasteiger partial charge in [-0.2, -0.15) is 0 Å². The molecule has 0 bridgehead atoms. The predicted molar refractivity (Wildman–Crippen MR) is 41.4 cm³/mol. The van der Waals surface area contributed by atoms with Gasteiger partial charge < -0.3 is 10.4 Å². The lowest BCUT2D eigenvalue weighted by Crippen LogP contribution is -2.38. The van der Waals surface area contributed by atoms with Gasteiger partial charge in [0.2, 0.25) is 0 Å². The number of hydrogen-bond acceptors (Lipinski definition) is 3. The van der Waals surface area contributed by atoms with Crippen LogP contribution < -0.4 is 5.32 Å². The standard InChI is InChI=1S/C7H10N2O2/c1-5(7(10)11)6-4-8-2-3-9-6/h2-6,9H,1H3,(H,10,11). The van der Waals surface area contributed by atoms with Crippen molar-refractivity contribution in [2.24, 2.45) is 10.9 Å². The molecule has 11 heavy (non-hydrogen) atoms. The van der Waals surface area contributed by atoms with Crippen molar-refractivity contribution < 1.29 is 9.90 Å². The van der Waals surface area contributed by atoms with E-state index in [1.807, 2.05) is 0 Å². The summed E-state index contributed by atoms with van der Waals surface area (Å²) < 4.78 is 0. The fourth-order valence-electron chi connectivity index (χ4n) is 0.810. The molecule has 2 N–H and O–H groups in total. The van der Waals surface area contributed by atoms with E-state index in [0.29, 0.717) is 0 Å². The Bertz CT molecular complexity index is 210. The molecule has 0 aliphatic carbocycles. The third kappa shape index (κ3) is 1.80. The maximum Gasteiger partial charge on any atom is 0.308 e. The highest BCUT2D eigenvalue weighted by Crippen LogP contribution is 2.03. The smallest absolute Gasteiger partial charge is 0.308 e. The quantitative estimate of drug-likeness (QED) is 0.598. The molecule has 1 aliphatic heterocycles. The van der Waals surface area contributed by atoms with E-state index >= 15 is 0 Å². The van der Waals surface area contributed by atoms with Crippen LogP contribution in [0.2, 0.25) is 0 Å². The molecule has 0 saturated carbocycles. The van der Waals surface area contributed by atoms with Crippen molar-refractivity contribution in [3.05, 3.63) is 12.4 Å². The Balaban J connectivity index is 2.55. The zero-order valence-electron chi connectivity index (χ0n) is 6.19. The minimum Gasteiger partial charge on any atom is -0.481 e. The zero-order valence-corrected chi connectivity index (χ0v) is 6.19. The molecule has 4 nitrogen and oxygen atoms in total. The van der Waals surface area contributed by atoms with Gasteiger partial charge in [0, 0.05) is 18.6 Å². The number of hydrogen-bond donors (Lipinski definition) is 2. The largest absolute Gasteiger partial charge is 0.481 e. The lowest BCUT2D eigenvalue weighted by Gasteiger charge is -2.18. The highest BCUT2D eigenvalue weighted by Gasteiger charge is 2.21. The molecule has 4 heteroatoms. The highest BCUT2D eigenvalue weighted by atomic mass is 16.4. The molecule has 0 aromatic rings. The first kappa shape index (κ1) is 7.78. The third-order valence-electron chi connectivity index (χ3n) is 1.62. The summed E-state index contributed by atoms with van der Waals surface area (Å²) >= 11 is 0. The summed E-state index contributed by atoms with van der Waals surface area (Å²) in [7, 11) is 0. The molecule has 0 radical (unpaired) electrons. The summed E-state index contributed by atoms with van der Waals surface area (Å²) in [4.78, 5) is 14.3. The monoisotopic (exact) mass is 154 g/mol. The molecule has 0 amide bonds. The minimum atomic E-state index is -0.816. The van der Waals surface area contributed by atoms with Gasteiger partial charge in [-0.3, -0.25) is 9.79 Å². The van der Waals surface area contributed by atoms with Crippen molar-refractivity contribution in [2.75, 3.05) is 0 Å². The molecule has 0 aromatic heterocycles. The number of nitrogens with one attached hydrogen (secondary N) is 1. The van der Waals surface area contributed by atoms with Crippen molar-refractivity contribution in [1.82, 2.24) is 5.32 Å². The van der Waals surface area contributed by atoms with Crippen molar-refractivity contribution in [1.29, 1.82) is 0 Å². The third-order valence-corrected chi connectivity index (χ3v) is 1.62. The number of rotatable bonds is 2. The van der Waals surface area contributed by atoms with Gasteiger partial charge in [-0.25, -0.2) is 0 Å². The van der Waals surface area contributed by atoms with Gasteiger partial charge in [-0.1, -0.05) is 0 Å². The maximum atomic E-state index is 10.5. The molecular formula is C7H10N2O2. The van der Waals surface area contributed by atoms with Crippen LogP contribution in [0.5, 0.6) is 0 Å². The van der Waals surface area contributed by atoms with Gasteiger partial charge in [0.05, 0.1) is 12.0 Å². The maximum absolute atomic E-state index is 10.5. The van der Waals surface area contributed by atoms with Crippen LogP contribution in [0.15, 0.2) is 17.4 Å². The van der Waals surface area contributed by atoms with Crippen molar-refractivity contribution in [2.45, 2.75) is 13.0 Å². The van der Waals surface area contributed by atoms with Gasteiger partial charge in [-0.05, 0) is 6.92 Å². The lowest BCUT2D eigenvalue weighted by atomic mass is 10.0. The second-order valence-corrected chi connectivity index (χ2v) is 2.43. The Kier molecular flexibility index (Phi) is 2.25. The van der Waals surface area contributed by atoms with Crippen LogP contribution in [0, 0.1) is 5.92 Å². The first-order valence-corrected chi connectivity index (χ1v) is 3.39. The van der Waals surface area contributed by atoms with E-state index in [1.54, 1.807) is 25.5 Å². The van der Waals surface area contributed by atoms with Crippen LogP contribution in [-0.4, -0.2) is 23.3 Å². The molecule has 1 rings (SSSR count). The Hall–Kier alpha value is -1.32. The fourth-order valence-corrected chi connectivity index (χ4v) is 0.810. The van der Waals surface area contributed by atoms with Gasteiger partial charge in [-0.15, -0.1) is 0 Å². The molecular weight excluding hydrogens is 144 g/mol. The normalized spacial score (nSPS) is 24.3. The van der Waals surface area contributed by atoms with Gasteiger partial charge in [0.15, 0.2) is 0 Å². The topological polar surface area (TPSA) is 61.7 Å². The first-order chi connectivity index (χ1) is 5.22. The van der Waals surface area contributed by atoms with Crippen LogP contribution in [0.25, 0.3) is 0 Å². The van der Waals surface area contributed by atoms with Crippen molar-refractivity contribution in [3.63, 3.8) is 0 Å². The van der Waals surface area contributed by atoms with Crippen LogP contribution in [-0.2, 0) is 4.79 Å². The van der Waals surface area contributed by atoms with E-state index in [0.717, 1.165) is 0 Å². The SMILES string of the molecule is CC(C(=O)O)C1C=NC=CN1. The minimum absolute atomic E-state index is 0.183. The molecule has 60 valence electrons. The average molecular weight is 154 g/mol. The summed E-state index contributed by atoms with van der Waals surface area (Å²) in [6.07, 6.45) is 4.83. The Labute approximate surface area is 64.6 Å². The lowest BCUT2D eigenvalue weighted by molar-refractivity contribution is -0.141. The number of carbonyl (C=O) groups is 1. The second kappa shape index (κ2) is 3.18. The summed E-state index contributed by atoms with van der Waals surface area (Å²) in [5, 5.41) is 11.5. The van der Waals surface area contributed by atoms with E-state index in [9.17, 15) is 4.79 Å². The fraction of sp³-hybridized carbons (Fsp3) is 0.429. The predicted octanol–water partition coefficient (Wildman–Crippen LogP) is 0.221.